The van der Waals surface area contributed by atoms with Crippen LogP contribution in [0.3, 0.4) is 0 Å². The van der Waals surface area contributed by atoms with Crippen molar-refractivity contribution in [2.45, 2.75) is 35.6 Å². The third-order valence-corrected chi connectivity index (χ3v) is 6.00. The monoisotopic (exact) mass is 412 g/mol. The summed E-state index contributed by atoms with van der Waals surface area (Å²) in [4.78, 5) is 13.0. The van der Waals surface area contributed by atoms with E-state index in [-0.39, 0.29) is 16.6 Å². The molecule has 1 aromatic rings. The Labute approximate surface area is 153 Å². The van der Waals surface area contributed by atoms with Crippen molar-refractivity contribution in [3.05, 3.63) is 24.5 Å². The number of carbonyl (C=O) groups is 1. The number of aromatic nitrogens is 1. The van der Waals surface area contributed by atoms with Crippen molar-refractivity contribution in [2.24, 2.45) is 0 Å². The van der Waals surface area contributed by atoms with Crippen molar-refractivity contribution >= 4 is 16.0 Å². The van der Waals surface area contributed by atoms with Gasteiger partial charge < -0.3 is 14.6 Å². The number of pyridine rings is 1. The Balaban J connectivity index is 0.000000321. The van der Waals surface area contributed by atoms with Gasteiger partial charge in [-0.25, -0.2) is 13.2 Å². The summed E-state index contributed by atoms with van der Waals surface area (Å²) in [5, 5.41) is 7.12. The Morgan fingerprint density at radius 1 is 1.44 bits per heavy atom. The normalized spacial score (nSPS) is 22.4. The molecule has 1 spiro atoms. The van der Waals surface area contributed by atoms with Crippen LogP contribution in [0.15, 0.2) is 29.4 Å². The molecule has 27 heavy (non-hydrogen) atoms. The van der Waals surface area contributed by atoms with Gasteiger partial charge in [0.2, 0.25) is 10.0 Å². The van der Waals surface area contributed by atoms with Gasteiger partial charge in [0, 0.05) is 45.6 Å². The summed E-state index contributed by atoms with van der Waals surface area (Å²) in [6, 6.07) is 3.19. The van der Waals surface area contributed by atoms with E-state index in [2.05, 4.69) is 4.98 Å². The Hall–Kier alpha value is -1.76. The summed E-state index contributed by atoms with van der Waals surface area (Å²) in [5.41, 5.74) is -0.367. The van der Waals surface area contributed by atoms with E-state index in [4.69, 9.17) is 19.4 Å². The van der Waals surface area contributed by atoms with Crippen LogP contribution < -0.4 is 0 Å². The van der Waals surface area contributed by atoms with E-state index in [9.17, 15) is 21.6 Å². The Bertz CT molecular complexity index is 751. The number of methoxy groups -OCH3 is 1. The first-order chi connectivity index (χ1) is 12.5. The van der Waals surface area contributed by atoms with E-state index in [1.165, 1.54) is 10.5 Å². The maximum Gasteiger partial charge on any atom is 0.490 e. The molecule has 12 heteroatoms. The minimum absolute atomic E-state index is 0.159. The fourth-order valence-electron chi connectivity index (χ4n) is 2.82. The molecule has 1 unspecified atom stereocenters. The van der Waals surface area contributed by atoms with Crippen molar-refractivity contribution < 1.29 is 41.0 Å². The molecule has 1 atom stereocenters. The van der Waals surface area contributed by atoms with Crippen LogP contribution >= 0.6 is 0 Å². The molecule has 0 saturated carbocycles. The molecule has 0 radical (unpaired) electrons. The lowest BCUT2D eigenvalue weighted by molar-refractivity contribution is -0.192. The molecule has 0 aromatic carbocycles. The molecule has 2 aliphatic rings. The zero-order chi connectivity index (χ0) is 20.3. The molecule has 0 bridgehead atoms. The Morgan fingerprint density at radius 2 is 2.07 bits per heavy atom. The fourth-order valence-corrected chi connectivity index (χ4v) is 4.37. The van der Waals surface area contributed by atoms with Gasteiger partial charge in [0.1, 0.15) is 4.90 Å². The zero-order valence-corrected chi connectivity index (χ0v) is 15.2. The van der Waals surface area contributed by atoms with Crippen molar-refractivity contribution in [1.29, 1.82) is 0 Å². The fraction of sp³-hybridized carbons (Fsp3) is 0.600. The molecule has 1 aromatic heterocycles. The number of rotatable bonds is 3. The van der Waals surface area contributed by atoms with Crippen LogP contribution in [0.2, 0.25) is 0 Å². The van der Waals surface area contributed by atoms with Crippen LogP contribution in [0.5, 0.6) is 0 Å². The summed E-state index contributed by atoms with van der Waals surface area (Å²) < 4.78 is 69.1. The van der Waals surface area contributed by atoms with E-state index in [1.807, 2.05) is 0 Å². The van der Waals surface area contributed by atoms with E-state index in [0.717, 1.165) is 12.8 Å². The predicted octanol–water partition coefficient (Wildman–Crippen LogP) is 1.28. The molecule has 2 saturated heterocycles. The van der Waals surface area contributed by atoms with Crippen molar-refractivity contribution in [3.63, 3.8) is 0 Å². The highest BCUT2D eigenvalue weighted by Gasteiger charge is 2.52. The van der Waals surface area contributed by atoms with Gasteiger partial charge in [-0.2, -0.15) is 17.5 Å². The molecule has 2 aliphatic heterocycles. The number of aliphatic carboxylic acids is 1. The molecule has 152 valence electrons. The largest absolute Gasteiger partial charge is 0.490 e. The highest BCUT2D eigenvalue weighted by molar-refractivity contribution is 7.89. The van der Waals surface area contributed by atoms with Gasteiger partial charge in [0.15, 0.2) is 0 Å². The number of ether oxygens (including phenoxy) is 2. The van der Waals surface area contributed by atoms with E-state index in [0.29, 0.717) is 19.7 Å². The lowest BCUT2D eigenvalue weighted by atomic mass is 9.86. The van der Waals surface area contributed by atoms with Crippen LogP contribution in [0, 0.1) is 0 Å². The van der Waals surface area contributed by atoms with Crippen LogP contribution in [0.25, 0.3) is 0 Å². The maximum absolute atomic E-state index is 12.4. The summed E-state index contributed by atoms with van der Waals surface area (Å²) in [6.07, 6.45) is -0.368. The van der Waals surface area contributed by atoms with E-state index < -0.39 is 22.2 Å². The average Bonchev–Trinajstić information content (AvgIpc) is 2.60. The smallest absolute Gasteiger partial charge is 0.475 e. The second kappa shape index (κ2) is 8.09. The summed E-state index contributed by atoms with van der Waals surface area (Å²) in [5.74, 6) is -2.76. The zero-order valence-electron chi connectivity index (χ0n) is 14.3. The van der Waals surface area contributed by atoms with Gasteiger partial charge in [-0.05, 0) is 18.6 Å². The number of carboxylic acids is 1. The minimum Gasteiger partial charge on any atom is -0.475 e. The highest BCUT2D eigenvalue weighted by atomic mass is 32.2. The molecule has 3 rings (SSSR count). The van der Waals surface area contributed by atoms with Crippen LogP contribution in [0.1, 0.15) is 12.8 Å². The van der Waals surface area contributed by atoms with E-state index in [1.54, 1.807) is 25.4 Å². The molecule has 0 amide bonds. The standard InChI is InChI=1S/C13H18N2O4S.C2HF3O2/c1-18-11-4-6-19-13(7-11)9-15(10-13)20(16,17)12-3-2-5-14-8-12;3-2(4,5)1(6)7/h2-3,5,8,11H,4,6-7,9-10H2,1H3;(H,6,7). The quantitative estimate of drug-likeness (QED) is 0.797. The third kappa shape index (κ3) is 5.15. The average molecular weight is 412 g/mol. The molecule has 3 heterocycles. The van der Waals surface area contributed by atoms with Crippen molar-refractivity contribution in [2.75, 3.05) is 26.8 Å². The second-order valence-electron chi connectivity index (χ2n) is 6.15. The second-order valence-corrected chi connectivity index (χ2v) is 8.08. The van der Waals surface area contributed by atoms with Crippen LogP contribution in [-0.2, 0) is 24.3 Å². The number of alkyl halides is 3. The number of carboxylic acid groups (broad SMARTS) is 1. The molecule has 8 nitrogen and oxygen atoms in total. The number of hydrogen-bond donors (Lipinski definition) is 1. The number of hydrogen-bond acceptors (Lipinski definition) is 6. The maximum atomic E-state index is 12.4. The predicted molar refractivity (Wildman–Crippen MR) is 85.4 cm³/mol. The summed E-state index contributed by atoms with van der Waals surface area (Å²) >= 11 is 0. The number of nitrogens with zero attached hydrogens (tertiary/aromatic N) is 2. The van der Waals surface area contributed by atoms with Gasteiger partial charge in [0.25, 0.3) is 0 Å². The first kappa shape index (κ1) is 21.5. The first-order valence-corrected chi connectivity index (χ1v) is 9.31. The first-order valence-electron chi connectivity index (χ1n) is 7.87. The molecular weight excluding hydrogens is 393 g/mol. The lowest BCUT2D eigenvalue weighted by Gasteiger charge is -2.51. The van der Waals surface area contributed by atoms with Gasteiger partial charge in [-0.3, -0.25) is 4.98 Å². The van der Waals surface area contributed by atoms with Crippen LogP contribution in [-0.4, -0.2) is 73.5 Å². The summed E-state index contributed by atoms with van der Waals surface area (Å²) in [6.45, 7) is 1.41. The highest BCUT2D eigenvalue weighted by Crippen LogP contribution is 2.37. The topological polar surface area (TPSA) is 106 Å². The van der Waals surface area contributed by atoms with Gasteiger partial charge >= 0.3 is 12.1 Å². The van der Waals surface area contributed by atoms with E-state index >= 15 is 0 Å². The van der Waals surface area contributed by atoms with Crippen LogP contribution in [0.4, 0.5) is 13.2 Å². The third-order valence-electron chi connectivity index (χ3n) is 4.22. The number of halogens is 3. The molecule has 2 fully saturated rings. The minimum atomic E-state index is -5.08. The Kier molecular flexibility index (Phi) is 6.45. The molecular formula is C15H19F3N2O6S. The molecule has 1 N–H and O–H groups in total. The SMILES string of the molecule is COC1CCOC2(C1)CN(S(=O)(=O)c1cccnc1)C2.O=C(O)C(F)(F)F. The van der Waals surface area contributed by atoms with Gasteiger partial charge in [-0.15, -0.1) is 0 Å². The lowest BCUT2D eigenvalue weighted by Crippen LogP contribution is -2.67. The molecule has 0 aliphatic carbocycles. The number of sulfonamides is 1. The van der Waals surface area contributed by atoms with Gasteiger partial charge in [0.05, 0.1) is 11.7 Å². The van der Waals surface area contributed by atoms with Crippen molar-refractivity contribution in [1.82, 2.24) is 9.29 Å². The summed E-state index contributed by atoms with van der Waals surface area (Å²) in [7, 11) is -1.76. The van der Waals surface area contributed by atoms with Crippen molar-refractivity contribution in [3.8, 4) is 0 Å². The van der Waals surface area contributed by atoms with Gasteiger partial charge in [-0.1, -0.05) is 0 Å². The Morgan fingerprint density at radius 3 is 2.56 bits per heavy atom.